The zero-order valence-electron chi connectivity index (χ0n) is 21.8. The second-order valence-electron chi connectivity index (χ2n) is 10.3. The number of rotatable bonds is 10. The van der Waals surface area contributed by atoms with E-state index < -0.39 is 0 Å². The first kappa shape index (κ1) is 26.0. The van der Waals surface area contributed by atoms with Gasteiger partial charge in [-0.1, -0.05) is 0 Å². The van der Waals surface area contributed by atoms with Gasteiger partial charge in [-0.25, -0.2) is 4.99 Å². The molecule has 2 fully saturated rings. The predicted octanol–water partition coefficient (Wildman–Crippen LogP) is 4.80. The van der Waals surface area contributed by atoms with Gasteiger partial charge in [-0.15, -0.1) is 11.3 Å². The summed E-state index contributed by atoms with van der Waals surface area (Å²) in [6, 6.07) is 5.37. The monoisotopic (exact) mass is 537 g/mol. The molecule has 1 heterocycles. The number of hydrogen-bond acceptors (Lipinski definition) is 7. The van der Waals surface area contributed by atoms with Gasteiger partial charge in [-0.3, -0.25) is 14.9 Å². The van der Waals surface area contributed by atoms with Crippen LogP contribution in [0.4, 0.5) is 10.7 Å². The number of amides is 2. The Bertz CT molecular complexity index is 1300. The Morgan fingerprint density at radius 3 is 2.61 bits per heavy atom. The molecule has 10 heteroatoms. The van der Waals surface area contributed by atoms with Gasteiger partial charge in [0.15, 0.2) is 17.7 Å². The second kappa shape index (κ2) is 11.4. The summed E-state index contributed by atoms with van der Waals surface area (Å²) in [7, 11) is 3.15. The molecule has 38 heavy (non-hydrogen) atoms. The maximum atomic E-state index is 13.3. The third kappa shape index (κ3) is 6.10. The number of carbonyl (C=O) groups excluding carboxylic acids is 2. The number of methoxy groups -OCH3 is 2. The number of nitrogens with zero attached hydrogens (tertiary/aromatic N) is 2. The molecule has 0 bridgehead atoms. The third-order valence-electron chi connectivity index (χ3n) is 7.34. The average Bonchev–Trinajstić information content (AvgIpc) is 3.84. The smallest absolute Gasteiger partial charge is 0.254 e. The molecule has 0 radical (unpaired) electrons. The van der Waals surface area contributed by atoms with Crippen molar-refractivity contribution >= 4 is 39.7 Å². The molecule has 1 atom stereocenters. The van der Waals surface area contributed by atoms with Gasteiger partial charge in [0.25, 0.3) is 5.91 Å². The molecule has 3 aliphatic rings. The normalized spacial score (nSPS) is 18.7. The van der Waals surface area contributed by atoms with Crippen molar-refractivity contribution in [1.29, 1.82) is 5.26 Å². The molecule has 202 valence electrons. The summed E-state index contributed by atoms with van der Waals surface area (Å²) in [6.45, 7) is 0.678. The number of amidine groups is 1. The summed E-state index contributed by atoms with van der Waals surface area (Å²) in [6.07, 6.45) is 9.12. The number of nitrogens with one attached hydrogen (secondary N) is 3. The van der Waals surface area contributed by atoms with E-state index in [0.717, 1.165) is 49.0 Å². The predicted molar refractivity (Wildman–Crippen MR) is 148 cm³/mol. The maximum absolute atomic E-state index is 13.3. The van der Waals surface area contributed by atoms with E-state index in [0.29, 0.717) is 58.9 Å². The Labute approximate surface area is 228 Å². The lowest BCUT2D eigenvalue weighted by atomic mass is 9.84. The van der Waals surface area contributed by atoms with Crippen molar-refractivity contribution in [1.82, 2.24) is 10.6 Å². The van der Waals surface area contributed by atoms with Crippen LogP contribution < -0.4 is 25.4 Å². The molecule has 1 aromatic heterocycles. The minimum atomic E-state index is -0.101. The van der Waals surface area contributed by atoms with E-state index in [-0.39, 0.29) is 25.1 Å². The number of anilines is 1. The minimum absolute atomic E-state index is 0. The van der Waals surface area contributed by atoms with E-state index in [2.05, 4.69) is 20.9 Å². The van der Waals surface area contributed by atoms with Crippen molar-refractivity contribution in [2.24, 2.45) is 22.7 Å². The molecule has 2 saturated carbocycles. The van der Waals surface area contributed by atoms with Gasteiger partial charge in [0.1, 0.15) is 10.8 Å². The van der Waals surface area contributed by atoms with Crippen molar-refractivity contribution < 1.29 is 20.5 Å². The molecule has 2 aromatic rings. The fraction of sp³-hybridized carbons (Fsp3) is 0.500. The zero-order valence-corrected chi connectivity index (χ0v) is 22.6. The summed E-state index contributed by atoms with van der Waals surface area (Å²) in [4.78, 5) is 31.7. The Kier molecular flexibility index (Phi) is 7.84. The van der Waals surface area contributed by atoms with Gasteiger partial charge in [0.05, 0.1) is 25.5 Å². The number of aryl methyl sites for hydroxylation is 1. The topological polar surface area (TPSA) is 125 Å². The van der Waals surface area contributed by atoms with E-state index in [4.69, 9.17) is 9.47 Å². The number of ether oxygens (including phenoxy) is 2. The summed E-state index contributed by atoms with van der Waals surface area (Å²) in [5.74, 6) is 2.47. The quantitative estimate of drug-likeness (QED) is 0.173. The first-order valence-corrected chi connectivity index (χ1v) is 14.0. The summed E-state index contributed by atoms with van der Waals surface area (Å²) >= 11 is 1.54. The average molecular weight is 538 g/mol. The first-order chi connectivity index (χ1) is 18.5. The van der Waals surface area contributed by atoms with Crippen LogP contribution in [0.3, 0.4) is 0 Å². The molecule has 3 aliphatic carbocycles. The number of aliphatic imine (C=N–C) groups is 1. The molecule has 0 spiro atoms. The van der Waals surface area contributed by atoms with Crippen LogP contribution in [0.2, 0.25) is 0 Å². The van der Waals surface area contributed by atoms with E-state index in [9.17, 15) is 14.9 Å². The van der Waals surface area contributed by atoms with Gasteiger partial charge < -0.3 is 20.1 Å². The lowest BCUT2D eigenvalue weighted by Crippen LogP contribution is -2.29. The summed E-state index contributed by atoms with van der Waals surface area (Å²) in [5, 5.41) is 19.0. The van der Waals surface area contributed by atoms with E-state index in [1.54, 1.807) is 26.4 Å². The molecular formula is C28H35N5O4S. The highest BCUT2D eigenvalue weighted by Gasteiger charge is 2.34. The largest absolute Gasteiger partial charge is 0.493 e. The van der Waals surface area contributed by atoms with Gasteiger partial charge >= 0.3 is 0 Å². The van der Waals surface area contributed by atoms with Crippen molar-refractivity contribution in [3.8, 4) is 17.7 Å². The lowest BCUT2D eigenvalue weighted by molar-refractivity contribution is -0.117. The van der Waals surface area contributed by atoms with Crippen LogP contribution >= 0.6 is 11.3 Å². The van der Waals surface area contributed by atoms with Gasteiger partial charge in [-0.05, 0) is 74.5 Å². The molecular weight excluding hydrogens is 502 g/mol. The molecule has 1 unspecified atom stereocenters. The Balaban J connectivity index is 0.00000353. The minimum Gasteiger partial charge on any atom is -0.493 e. The molecule has 0 aliphatic heterocycles. The van der Waals surface area contributed by atoms with E-state index in [1.807, 2.05) is 12.3 Å². The SMILES string of the molecule is COc1ccc(N=C(CC2CCc3sc(NC(=O)C4CC4)c(C(=O)NCC4CC4)c3C2)NC#N)cc1OC.[HH]. The van der Waals surface area contributed by atoms with Crippen LogP contribution in [0.25, 0.3) is 0 Å². The lowest BCUT2D eigenvalue weighted by Gasteiger charge is -2.23. The molecule has 3 N–H and O–H groups in total. The molecule has 0 saturated heterocycles. The highest BCUT2D eigenvalue weighted by molar-refractivity contribution is 7.17. The fourth-order valence-corrected chi connectivity index (χ4v) is 6.12. The van der Waals surface area contributed by atoms with Crippen LogP contribution in [-0.4, -0.2) is 38.4 Å². The van der Waals surface area contributed by atoms with Crippen molar-refractivity contribution in [3.05, 3.63) is 34.2 Å². The Morgan fingerprint density at radius 1 is 1.13 bits per heavy atom. The molecule has 5 rings (SSSR count). The Hall–Kier alpha value is -3.58. The maximum Gasteiger partial charge on any atom is 0.254 e. The number of carbonyl (C=O) groups is 2. The third-order valence-corrected chi connectivity index (χ3v) is 8.54. The van der Waals surface area contributed by atoms with Crippen molar-refractivity contribution in [2.45, 2.75) is 51.4 Å². The molecule has 2 amide bonds. The first-order valence-electron chi connectivity index (χ1n) is 13.2. The van der Waals surface area contributed by atoms with Gasteiger partial charge in [0.2, 0.25) is 5.91 Å². The number of benzene rings is 1. The summed E-state index contributed by atoms with van der Waals surface area (Å²) in [5.41, 5.74) is 2.29. The zero-order chi connectivity index (χ0) is 26.6. The standard InChI is InChI=1S/C28H33N5O4S.H2/c1-36-21-9-8-19(13-22(21)37-2)32-24(31-15-29)12-17-5-10-23-20(11-17)25(27(35)30-14-16-3-4-16)28(38-23)33-26(34)18-6-7-18;/h8-9,13,16-18H,3-7,10-12,14H2,1-2H3,(H,30,35)(H,31,32)(H,33,34);1H. The molecule has 1 aromatic carbocycles. The number of hydrogen-bond donors (Lipinski definition) is 3. The van der Waals surface area contributed by atoms with E-state index in [1.165, 1.54) is 11.3 Å². The number of nitriles is 1. The van der Waals surface area contributed by atoms with Crippen LogP contribution in [0, 0.1) is 29.2 Å². The van der Waals surface area contributed by atoms with Crippen LogP contribution in [0.5, 0.6) is 11.5 Å². The molecule has 9 nitrogen and oxygen atoms in total. The number of thiophene rings is 1. The van der Waals surface area contributed by atoms with E-state index >= 15 is 0 Å². The number of fused-ring (bicyclic) bond motifs is 1. The van der Waals surface area contributed by atoms with Crippen molar-refractivity contribution in [2.75, 3.05) is 26.1 Å². The van der Waals surface area contributed by atoms with Gasteiger partial charge in [0, 0.05) is 31.3 Å². The van der Waals surface area contributed by atoms with Crippen LogP contribution in [0.15, 0.2) is 23.2 Å². The highest BCUT2D eigenvalue weighted by Crippen LogP contribution is 2.42. The fourth-order valence-electron chi connectivity index (χ4n) is 4.88. The van der Waals surface area contributed by atoms with Crippen LogP contribution in [-0.2, 0) is 17.6 Å². The second-order valence-corrected chi connectivity index (χ2v) is 11.4. The van der Waals surface area contributed by atoms with Gasteiger partial charge in [-0.2, -0.15) is 5.26 Å². The Morgan fingerprint density at radius 2 is 1.92 bits per heavy atom. The highest BCUT2D eigenvalue weighted by atomic mass is 32.1. The van der Waals surface area contributed by atoms with Crippen molar-refractivity contribution in [3.63, 3.8) is 0 Å². The van der Waals surface area contributed by atoms with Crippen LogP contribution in [0.1, 0.15) is 60.8 Å². The summed E-state index contributed by atoms with van der Waals surface area (Å²) < 4.78 is 10.7.